The number of rotatable bonds is 6. The van der Waals surface area contributed by atoms with Gasteiger partial charge in [-0.05, 0) is 61.4 Å². The average molecular weight is 497 g/mol. The molecular formula is C28H28N6O3. The van der Waals surface area contributed by atoms with Crippen LogP contribution in [-0.2, 0) is 27.1 Å². The molecule has 3 aliphatic rings. The third-order valence-corrected chi connectivity index (χ3v) is 7.03. The topological polar surface area (TPSA) is 92.5 Å². The van der Waals surface area contributed by atoms with Crippen LogP contribution in [0.15, 0.2) is 82.7 Å². The molecule has 0 fully saturated rings. The van der Waals surface area contributed by atoms with E-state index >= 15 is 0 Å². The Labute approximate surface area is 214 Å². The Morgan fingerprint density at radius 1 is 1.19 bits per heavy atom. The summed E-state index contributed by atoms with van der Waals surface area (Å²) >= 11 is 0. The number of anilines is 2. The highest BCUT2D eigenvalue weighted by molar-refractivity contribution is 5.97. The van der Waals surface area contributed by atoms with Gasteiger partial charge in [0.2, 0.25) is 5.91 Å². The summed E-state index contributed by atoms with van der Waals surface area (Å²) in [6.45, 7) is 2.62. The standard InChI is InChI=1S/C28H28N6O3/c1-17-23(33-10-5-4-6-26(33)31-17)15-27(35)34-11-9-18-12-19(7-8-22(18)34)32-28-20-13-24(36-2)25(37-3)14-21(20)29-16-30-28/h4-8,10,12-14,16,21,32H,9,11,15H2,1-3H3,(H,29,30). The first kappa shape index (κ1) is 22.9. The zero-order valence-electron chi connectivity index (χ0n) is 21.0. The van der Waals surface area contributed by atoms with Gasteiger partial charge < -0.3 is 29.4 Å². The second-order valence-corrected chi connectivity index (χ2v) is 9.17. The second-order valence-electron chi connectivity index (χ2n) is 9.17. The summed E-state index contributed by atoms with van der Waals surface area (Å²) in [6.07, 6.45) is 8.66. The summed E-state index contributed by atoms with van der Waals surface area (Å²) in [5.41, 5.74) is 6.64. The minimum atomic E-state index is -0.0699. The number of methoxy groups -OCH3 is 2. The number of carbonyl (C=O) groups is 1. The summed E-state index contributed by atoms with van der Waals surface area (Å²) in [6, 6.07) is 11.9. The first-order chi connectivity index (χ1) is 18.1. The van der Waals surface area contributed by atoms with Gasteiger partial charge in [0.25, 0.3) is 0 Å². The van der Waals surface area contributed by atoms with Crippen molar-refractivity contribution in [1.29, 1.82) is 0 Å². The SMILES string of the molecule is COC1=CC2=C(Nc3ccc4c(c3)CCN4C(=O)Cc3c(C)nc4ccccn34)N=CNC2C=C1OC. The Morgan fingerprint density at radius 3 is 2.89 bits per heavy atom. The maximum atomic E-state index is 13.3. The maximum absolute atomic E-state index is 13.3. The highest BCUT2D eigenvalue weighted by atomic mass is 16.5. The van der Waals surface area contributed by atoms with E-state index in [-0.39, 0.29) is 11.9 Å². The van der Waals surface area contributed by atoms with Crippen LogP contribution in [0.4, 0.5) is 11.4 Å². The van der Waals surface area contributed by atoms with Gasteiger partial charge >= 0.3 is 0 Å². The Balaban J connectivity index is 1.23. The van der Waals surface area contributed by atoms with E-state index in [0.717, 1.165) is 51.8 Å². The maximum Gasteiger partial charge on any atom is 0.233 e. The highest BCUT2D eigenvalue weighted by Gasteiger charge is 2.28. The van der Waals surface area contributed by atoms with Crippen LogP contribution in [0.1, 0.15) is 17.0 Å². The van der Waals surface area contributed by atoms with Gasteiger partial charge in [0.15, 0.2) is 11.5 Å². The monoisotopic (exact) mass is 496 g/mol. The fraction of sp³-hybridized carbons (Fsp3) is 0.250. The van der Waals surface area contributed by atoms with Crippen molar-refractivity contribution >= 4 is 29.3 Å². The van der Waals surface area contributed by atoms with Crippen LogP contribution < -0.4 is 15.5 Å². The van der Waals surface area contributed by atoms with E-state index in [0.29, 0.717) is 24.5 Å². The molecule has 0 saturated carbocycles. The first-order valence-electron chi connectivity index (χ1n) is 12.2. The summed E-state index contributed by atoms with van der Waals surface area (Å²) in [7, 11) is 3.25. The van der Waals surface area contributed by atoms with Crippen molar-refractivity contribution in [2.45, 2.75) is 25.8 Å². The molecule has 2 aromatic heterocycles. The average Bonchev–Trinajstić information content (AvgIpc) is 3.48. The summed E-state index contributed by atoms with van der Waals surface area (Å²) in [5.74, 6) is 2.14. The number of benzene rings is 1. The molecule has 1 atom stereocenters. The molecular weight excluding hydrogens is 468 g/mol. The molecule has 1 aromatic carbocycles. The van der Waals surface area contributed by atoms with E-state index in [1.54, 1.807) is 20.6 Å². The molecule has 6 rings (SSSR count). The molecule has 4 heterocycles. The van der Waals surface area contributed by atoms with Crippen LogP contribution in [0.2, 0.25) is 0 Å². The third-order valence-electron chi connectivity index (χ3n) is 7.03. The Hall–Kier alpha value is -4.53. The molecule has 0 bridgehead atoms. The number of amides is 1. The number of pyridine rings is 1. The van der Waals surface area contributed by atoms with Gasteiger partial charge in [-0.25, -0.2) is 9.98 Å². The van der Waals surface area contributed by atoms with E-state index in [1.807, 2.05) is 64.9 Å². The lowest BCUT2D eigenvalue weighted by Gasteiger charge is -2.27. The number of hydrogen-bond acceptors (Lipinski definition) is 7. The number of aliphatic imine (C=N–C) groups is 1. The number of fused-ring (bicyclic) bond motifs is 3. The largest absolute Gasteiger partial charge is 0.493 e. The van der Waals surface area contributed by atoms with E-state index < -0.39 is 0 Å². The molecule has 0 saturated heterocycles. The normalized spacial score (nSPS) is 18.1. The number of hydrogen-bond donors (Lipinski definition) is 2. The smallest absolute Gasteiger partial charge is 0.233 e. The van der Waals surface area contributed by atoms with Crippen LogP contribution in [-0.4, -0.2) is 48.4 Å². The Morgan fingerprint density at radius 2 is 2.05 bits per heavy atom. The Bertz CT molecular complexity index is 1530. The molecule has 1 amide bonds. The molecule has 9 heteroatoms. The van der Waals surface area contributed by atoms with E-state index in [1.165, 1.54) is 0 Å². The summed E-state index contributed by atoms with van der Waals surface area (Å²) in [5, 5.41) is 6.69. The van der Waals surface area contributed by atoms with Crippen LogP contribution >= 0.6 is 0 Å². The van der Waals surface area contributed by atoms with Crippen molar-refractivity contribution in [2.75, 3.05) is 31.0 Å². The van der Waals surface area contributed by atoms with Crippen LogP contribution in [0.25, 0.3) is 5.65 Å². The number of nitrogens with zero attached hydrogens (tertiary/aromatic N) is 4. The lowest BCUT2D eigenvalue weighted by Crippen LogP contribution is -2.34. The van der Waals surface area contributed by atoms with Crippen LogP contribution in [0.3, 0.4) is 0 Å². The van der Waals surface area contributed by atoms with Gasteiger partial charge in [-0.2, -0.15) is 0 Å². The molecule has 9 nitrogen and oxygen atoms in total. The van der Waals surface area contributed by atoms with Crippen molar-refractivity contribution in [1.82, 2.24) is 14.7 Å². The first-order valence-corrected chi connectivity index (χ1v) is 12.2. The van der Waals surface area contributed by atoms with E-state index in [4.69, 9.17) is 9.47 Å². The molecule has 2 aliphatic heterocycles. The summed E-state index contributed by atoms with van der Waals surface area (Å²) < 4.78 is 12.9. The molecule has 1 aliphatic carbocycles. The fourth-order valence-electron chi connectivity index (χ4n) is 5.16. The molecule has 0 radical (unpaired) electrons. The van der Waals surface area contributed by atoms with Gasteiger partial charge in [0.1, 0.15) is 11.5 Å². The number of aryl methyl sites for hydroxylation is 1. The van der Waals surface area contributed by atoms with Crippen LogP contribution in [0.5, 0.6) is 0 Å². The quantitative estimate of drug-likeness (QED) is 0.543. The number of carbonyl (C=O) groups excluding carboxylic acids is 1. The minimum Gasteiger partial charge on any atom is -0.493 e. The van der Waals surface area contributed by atoms with Crippen molar-refractivity contribution in [3.05, 3.63) is 94.6 Å². The molecule has 1 unspecified atom stereocenters. The lowest BCUT2D eigenvalue weighted by atomic mass is 9.98. The number of imidazole rings is 1. The highest BCUT2D eigenvalue weighted by Crippen LogP contribution is 2.33. The van der Waals surface area contributed by atoms with Crippen molar-refractivity contribution in [3.8, 4) is 0 Å². The molecule has 188 valence electrons. The zero-order chi connectivity index (χ0) is 25.5. The van der Waals surface area contributed by atoms with E-state index in [9.17, 15) is 4.79 Å². The van der Waals surface area contributed by atoms with Gasteiger partial charge in [0, 0.05) is 29.7 Å². The van der Waals surface area contributed by atoms with E-state index in [2.05, 4.69) is 26.7 Å². The predicted molar refractivity (Wildman–Crippen MR) is 142 cm³/mol. The molecule has 0 spiro atoms. The number of aromatic nitrogens is 2. The van der Waals surface area contributed by atoms with Crippen molar-refractivity contribution in [2.24, 2.45) is 4.99 Å². The predicted octanol–water partition coefficient (Wildman–Crippen LogP) is 3.47. The third kappa shape index (κ3) is 4.02. The number of ether oxygens (including phenoxy) is 2. The van der Waals surface area contributed by atoms with Crippen molar-refractivity contribution in [3.63, 3.8) is 0 Å². The van der Waals surface area contributed by atoms with Gasteiger partial charge in [-0.1, -0.05) is 6.07 Å². The molecule has 37 heavy (non-hydrogen) atoms. The number of nitrogens with one attached hydrogen (secondary N) is 2. The van der Waals surface area contributed by atoms with Gasteiger partial charge in [-0.15, -0.1) is 0 Å². The lowest BCUT2D eigenvalue weighted by molar-refractivity contribution is -0.117. The van der Waals surface area contributed by atoms with Crippen LogP contribution in [0, 0.1) is 6.92 Å². The van der Waals surface area contributed by atoms with Crippen molar-refractivity contribution < 1.29 is 14.3 Å². The van der Waals surface area contributed by atoms with Gasteiger partial charge in [-0.3, -0.25) is 4.79 Å². The zero-order valence-corrected chi connectivity index (χ0v) is 21.0. The van der Waals surface area contributed by atoms with Gasteiger partial charge in [0.05, 0.1) is 44.4 Å². The minimum absolute atomic E-state index is 0.0699. The molecule has 2 N–H and O–H groups in total. The second kappa shape index (κ2) is 9.16. The fourth-order valence-corrected chi connectivity index (χ4v) is 5.16. The Kier molecular flexibility index (Phi) is 5.67. The summed E-state index contributed by atoms with van der Waals surface area (Å²) in [4.78, 5) is 24.3. The molecule has 3 aromatic rings.